The lowest BCUT2D eigenvalue weighted by Crippen LogP contribution is -2.29. The largest absolute Gasteiger partial charge is 0.351 e. The van der Waals surface area contributed by atoms with Crippen LogP contribution in [0.4, 0.5) is 0 Å². The third-order valence-corrected chi connectivity index (χ3v) is 3.59. The van der Waals surface area contributed by atoms with Gasteiger partial charge in [0.15, 0.2) is 5.69 Å². The van der Waals surface area contributed by atoms with Crippen molar-refractivity contribution in [1.82, 2.24) is 25.6 Å². The van der Waals surface area contributed by atoms with Gasteiger partial charge in [0.2, 0.25) is 0 Å². The molecule has 1 aromatic heterocycles. The van der Waals surface area contributed by atoms with Gasteiger partial charge in [-0.05, 0) is 37.8 Å². The number of rotatable bonds is 4. The standard InChI is InChI=1S/C14H25N5O.ClH/c1-14(2,3)6-9-16-13(20)12-10-19(18-17-12)11-4-7-15-8-5-11;/h10-11,15H,4-9H2,1-3H3,(H,16,20);1H. The predicted octanol–water partition coefficient (Wildman–Crippen LogP) is 1.79. The van der Waals surface area contributed by atoms with Crippen molar-refractivity contribution in [2.45, 2.75) is 46.1 Å². The Morgan fingerprint density at radius 2 is 2.10 bits per heavy atom. The van der Waals surface area contributed by atoms with E-state index in [-0.39, 0.29) is 23.7 Å². The third-order valence-electron chi connectivity index (χ3n) is 3.59. The summed E-state index contributed by atoms with van der Waals surface area (Å²) in [6.45, 7) is 9.14. The van der Waals surface area contributed by atoms with Crippen molar-refractivity contribution in [2.24, 2.45) is 5.41 Å². The smallest absolute Gasteiger partial charge is 0.273 e. The molecule has 1 fully saturated rings. The predicted molar refractivity (Wildman–Crippen MR) is 84.8 cm³/mol. The number of halogens is 1. The van der Waals surface area contributed by atoms with Gasteiger partial charge in [-0.2, -0.15) is 0 Å². The van der Waals surface area contributed by atoms with Crippen LogP contribution in [0.3, 0.4) is 0 Å². The third kappa shape index (κ3) is 5.63. The average molecular weight is 316 g/mol. The highest BCUT2D eigenvalue weighted by molar-refractivity contribution is 5.91. The first-order chi connectivity index (χ1) is 9.46. The number of hydrogen-bond acceptors (Lipinski definition) is 4. The number of nitrogens with one attached hydrogen (secondary N) is 2. The zero-order valence-electron chi connectivity index (χ0n) is 13.1. The lowest BCUT2D eigenvalue weighted by Gasteiger charge is -2.22. The van der Waals surface area contributed by atoms with Crippen molar-refractivity contribution >= 4 is 18.3 Å². The zero-order chi connectivity index (χ0) is 14.6. The molecular weight excluding hydrogens is 290 g/mol. The van der Waals surface area contributed by atoms with Crippen LogP contribution in [-0.4, -0.2) is 40.5 Å². The number of piperidine rings is 1. The molecule has 0 spiro atoms. The molecule has 2 N–H and O–H groups in total. The number of nitrogens with zero attached hydrogens (tertiary/aromatic N) is 3. The van der Waals surface area contributed by atoms with E-state index < -0.39 is 0 Å². The minimum Gasteiger partial charge on any atom is -0.351 e. The average Bonchev–Trinajstić information content (AvgIpc) is 2.88. The van der Waals surface area contributed by atoms with Crippen molar-refractivity contribution in [1.29, 1.82) is 0 Å². The highest BCUT2D eigenvalue weighted by Gasteiger charge is 2.19. The van der Waals surface area contributed by atoms with Crippen molar-refractivity contribution in [3.63, 3.8) is 0 Å². The molecule has 1 aliphatic heterocycles. The van der Waals surface area contributed by atoms with Crippen LogP contribution in [0.1, 0.15) is 56.6 Å². The number of hydrogen-bond donors (Lipinski definition) is 2. The first-order valence-corrected chi connectivity index (χ1v) is 7.36. The van der Waals surface area contributed by atoms with Crippen LogP contribution in [0.2, 0.25) is 0 Å². The monoisotopic (exact) mass is 315 g/mol. The highest BCUT2D eigenvalue weighted by atomic mass is 35.5. The van der Waals surface area contributed by atoms with E-state index in [0.29, 0.717) is 18.3 Å². The molecule has 2 rings (SSSR count). The van der Waals surface area contributed by atoms with Gasteiger partial charge in [-0.15, -0.1) is 17.5 Å². The van der Waals surface area contributed by atoms with Crippen LogP contribution in [-0.2, 0) is 0 Å². The fourth-order valence-electron chi connectivity index (χ4n) is 2.27. The summed E-state index contributed by atoms with van der Waals surface area (Å²) in [5, 5.41) is 14.3. The van der Waals surface area contributed by atoms with E-state index >= 15 is 0 Å². The van der Waals surface area contributed by atoms with Gasteiger partial charge in [0.1, 0.15) is 0 Å². The molecule has 1 saturated heterocycles. The number of amides is 1. The van der Waals surface area contributed by atoms with E-state index in [1.54, 1.807) is 6.20 Å². The summed E-state index contributed by atoms with van der Waals surface area (Å²) in [6, 6.07) is 0.361. The molecule has 21 heavy (non-hydrogen) atoms. The molecule has 6 nitrogen and oxygen atoms in total. The lowest BCUT2D eigenvalue weighted by molar-refractivity contribution is 0.0944. The van der Waals surface area contributed by atoms with Crippen LogP contribution < -0.4 is 10.6 Å². The summed E-state index contributed by atoms with van der Waals surface area (Å²) in [6.07, 6.45) is 4.78. The van der Waals surface area contributed by atoms with Crippen molar-refractivity contribution in [3.8, 4) is 0 Å². The topological polar surface area (TPSA) is 71.8 Å². The van der Waals surface area contributed by atoms with Gasteiger partial charge in [-0.25, -0.2) is 4.68 Å². The molecule has 0 aliphatic carbocycles. The normalized spacial score (nSPS) is 16.3. The van der Waals surface area contributed by atoms with Gasteiger partial charge >= 0.3 is 0 Å². The summed E-state index contributed by atoms with van der Waals surface area (Å²) in [5.41, 5.74) is 0.637. The van der Waals surface area contributed by atoms with E-state index in [1.807, 2.05) is 4.68 Å². The van der Waals surface area contributed by atoms with E-state index in [0.717, 1.165) is 32.4 Å². The molecule has 2 heterocycles. The van der Waals surface area contributed by atoms with E-state index in [1.165, 1.54) is 0 Å². The van der Waals surface area contributed by atoms with Crippen LogP contribution in [0.25, 0.3) is 0 Å². The maximum absolute atomic E-state index is 12.0. The molecule has 0 saturated carbocycles. The zero-order valence-corrected chi connectivity index (χ0v) is 13.9. The van der Waals surface area contributed by atoms with Gasteiger partial charge < -0.3 is 10.6 Å². The molecule has 0 unspecified atom stereocenters. The van der Waals surface area contributed by atoms with Crippen LogP contribution in [0, 0.1) is 5.41 Å². The second-order valence-electron chi connectivity index (χ2n) is 6.63. The SMILES string of the molecule is CC(C)(C)CCNC(=O)c1cn(C2CCNCC2)nn1.Cl. The van der Waals surface area contributed by atoms with E-state index in [2.05, 4.69) is 41.7 Å². The van der Waals surface area contributed by atoms with Crippen LogP contribution in [0.5, 0.6) is 0 Å². The molecule has 0 atom stereocenters. The van der Waals surface area contributed by atoms with Gasteiger partial charge in [0.25, 0.3) is 5.91 Å². The second-order valence-corrected chi connectivity index (χ2v) is 6.63. The molecular formula is C14H26ClN5O. The van der Waals surface area contributed by atoms with Crippen molar-refractivity contribution < 1.29 is 4.79 Å². The summed E-state index contributed by atoms with van der Waals surface area (Å²) in [7, 11) is 0. The Balaban J connectivity index is 0.00000220. The fraction of sp³-hybridized carbons (Fsp3) is 0.786. The quantitative estimate of drug-likeness (QED) is 0.888. The molecule has 1 amide bonds. The van der Waals surface area contributed by atoms with E-state index in [4.69, 9.17) is 0 Å². The highest BCUT2D eigenvalue weighted by Crippen LogP contribution is 2.18. The Morgan fingerprint density at radius 3 is 2.71 bits per heavy atom. The summed E-state index contributed by atoms with van der Waals surface area (Å²) in [4.78, 5) is 12.0. The summed E-state index contributed by atoms with van der Waals surface area (Å²) in [5.74, 6) is -0.130. The second kappa shape index (κ2) is 7.75. The van der Waals surface area contributed by atoms with Crippen molar-refractivity contribution in [2.75, 3.05) is 19.6 Å². The molecule has 0 radical (unpaired) electrons. The molecule has 7 heteroatoms. The minimum atomic E-state index is -0.130. The van der Waals surface area contributed by atoms with Crippen LogP contribution >= 0.6 is 12.4 Å². The van der Waals surface area contributed by atoms with Crippen molar-refractivity contribution in [3.05, 3.63) is 11.9 Å². The maximum atomic E-state index is 12.0. The molecule has 1 aliphatic rings. The van der Waals surface area contributed by atoms with Gasteiger partial charge in [-0.3, -0.25) is 4.79 Å². The Morgan fingerprint density at radius 1 is 1.43 bits per heavy atom. The minimum absolute atomic E-state index is 0. The molecule has 0 aromatic carbocycles. The maximum Gasteiger partial charge on any atom is 0.273 e. The number of aromatic nitrogens is 3. The first-order valence-electron chi connectivity index (χ1n) is 7.36. The van der Waals surface area contributed by atoms with E-state index in [9.17, 15) is 4.79 Å². The summed E-state index contributed by atoms with van der Waals surface area (Å²) < 4.78 is 1.83. The molecule has 120 valence electrons. The molecule has 1 aromatic rings. The van der Waals surface area contributed by atoms with Gasteiger partial charge in [-0.1, -0.05) is 26.0 Å². The summed E-state index contributed by atoms with van der Waals surface area (Å²) >= 11 is 0. The number of carbonyl (C=O) groups is 1. The van der Waals surface area contributed by atoms with Gasteiger partial charge in [0.05, 0.1) is 12.2 Å². The Bertz CT molecular complexity index is 448. The molecule has 0 bridgehead atoms. The Hall–Kier alpha value is -1.14. The number of carbonyl (C=O) groups excluding carboxylic acids is 1. The fourth-order valence-corrected chi connectivity index (χ4v) is 2.27. The Kier molecular flexibility index (Phi) is 6.61. The van der Waals surface area contributed by atoms with Crippen LogP contribution in [0.15, 0.2) is 6.20 Å². The Labute approximate surface area is 132 Å². The lowest BCUT2D eigenvalue weighted by atomic mass is 9.92. The first kappa shape index (κ1) is 17.9. The van der Waals surface area contributed by atoms with Gasteiger partial charge in [0, 0.05) is 6.54 Å².